The van der Waals surface area contributed by atoms with E-state index in [1.165, 1.54) is 0 Å². The highest BCUT2D eigenvalue weighted by molar-refractivity contribution is 5.89. The summed E-state index contributed by atoms with van der Waals surface area (Å²) in [6, 6.07) is 9.20. The highest BCUT2D eigenvalue weighted by Gasteiger charge is 2.43. The Kier molecular flexibility index (Phi) is 4.37. The SMILES string of the molecule is CN1C(=O)CCC2(CNC(=O)Nc3ccccc3)CCCC=C12. The van der Waals surface area contributed by atoms with Gasteiger partial charge in [0.15, 0.2) is 0 Å². The van der Waals surface area contributed by atoms with E-state index in [-0.39, 0.29) is 17.4 Å². The Morgan fingerprint density at radius 1 is 1.26 bits per heavy atom. The fraction of sp³-hybridized carbons (Fsp3) is 0.444. The maximum Gasteiger partial charge on any atom is 0.319 e. The zero-order valence-electron chi connectivity index (χ0n) is 13.5. The van der Waals surface area contributed by atoms with Crippen molar-refractivity contribution in [2.45, 2.75) is 32.1 Å². The number of carbonyl (C=O) groups is 2. The van der Waals surface area contributed by atoms with Gasteiger partial charge in [0.1, 0.15) is 0 Å². The van der Waals surface area contributed by atoms with E-state index in [0.29, 0.717) is 13.0 Å². The monoisotopic (exact) mass is 313 g/mol. The number of nitrogens with one attached hydrogen (secondary N) is 2. The molecule has 1 unspecified atom stereocenters. The summed E-state index contributed by atoms with van der Waals surface area (Å²) in [6.45, 7) is 0.565. The first kappa shape index (κ1) is 15.6. The quantitative estimate of drug-likeness (QED) is 0.900. The molecule has 0 saturated carbocycles. The summed E-state index contributed by atoms with van der Waals surface area (Å²) >= 11 is 0. The Morgan fingerprint density at radius 3 is 2.83 bits per heavy atom. The van der Waals surface area contributed by atoms with E-state index in [1.807, 2.05) is 37.4 Å². The van der Waals surface area contributed by atoms with Crippen LogP contribution in [0.4, 0.5) is 10.5 Å². The van der Waals surface area contributed by atoms with Gasteiger partial charge < -0.3 is 15.5 Å². The lowest BCUT2D eigenvalue weighted by molar-refractivity contribution is -0.132. The molecule has 1 heterocycles. The number of carbonyl (C=O) groups excluding carboxylic acids is 2. The number of urea groups is 1. The van der Waals surface area contributed by atoms with Gasteiger partial charge >= 0.3 is 6.03 Å². The highest BCUT2D eigenvalue weighted by Crippen LogP contribution is 2.45. The minimum Gasteiger partial charge on any atom is -0.337 e. The number of likely N-dealkylation sites (tertiary alicyclic amines) is 1. The molecule has 0 aromatic heterocycles. The third-order valence-electron chi connectivity index (χ3n) is 4.91. The number of hydrogen-bond acceptors (Lipinski definition) is 2. The molecule has 122 valence electrons. The Bertz CT molecular complexity index is 626. The molecule has 3 rings (SSSR count). The lowest BCUT2D eigenvalue weighted by atomic mass is 9.70. The number of rotatable bonds is 3. The largest absolute Gasteiger partial charge is 0.337 e. The van der Waals surface area contributed by atoms with Crippen molar-refractivity contribution >= 4 is 17.6 Å². The van der Waals surface area contributed by atoms with Gasteiger partial charge in [-0.1, -0.05) is 24.3 Å². The summed E-state index contributed by atoms with van der Waals surface area (Å²) in [5.41, 5.74) is 1.76. The van der Waals surface area contributed by atoms with Crippen molar-refractivity contribution in [3.8, 4) is 0 Å². The van der Waals surface area contributed by atoms with E-state index < -0.39 is 0 Å². The number of benzene rings is 1. The van der Waals surface area contributed by atoms with Crippen LogP contribution in [-0.4, -0.2) is 30.4 Å². The van der Waals surface area contributed by atoms with Crippen molar-refractivity contribution in [2.75, 3.05) is 18.9 Å². The molecule has 1 aliphatic heterocycles. The molecule has 23 heavy (non-hydrogen) atoms. The van der Waals surface area contributed by atoms with Gasteiger partial charge in [0.25, 0.3) is 0 Å². The summed E-state index contributed by atoms with van der Waals surface area (Å²) in [5.74, 6) is 0.169. The molecule has 2 N–H and O–H groups in total. The predicted molar refractivity (Wildman–Crippen MR) is 89.8 cm³/mol. The van der Waals surface area contributed by atoms with E-state index >= 15 is 0 Å². The van der Waals surface area contributed by atoms with Crippen molar-refractivity contribution in [3.63, 3.8) is 0 Å². The molecule has 1 aromatic carbocycles. The maximum absolute atomic E-state index is 12.1. The van der Waals surface area contributed by atoms with Crippen LogP contribution in [0.15, 0.2) is 42.1 Å². The fourth-order valence-electron chi connectivity index (χ4n) is 3.63. The predicted octanol–water partition coefficient (Wildman–Crippen LogP) is 3.11. The topological polar surface area (TPSA) is 61.4 Å². The van der Waals surface area contributed by atoms with Crippen molar-refractivity contribution in [1.29, 1.82) is 0 Å². The first-order valence-corrected chi connectivity index (χ1v) is 8.18. The molecule has 5 nitrogen and oxygen atoms in total. The van der Waals surface area contributed by atoms with Crippen LogP contribution in [0.3, 0.4) is 0 Å². The van der Waals surface area contributed by atoms with Gasteiger partial charge in [-0.25, -0.2) is 4.79 Å². The van der Waals surface area contributed by atoms with Gasteiger partial charge in [0.05, 0.1) is 0 Å². The molecule has 1 saturated heterocycles. The number of hydrogen-bond donors (Lipinski definition) is 2. The van der Waals surface area contributed by atoms with Gasteiger partial charge in [0.2, 0.25) is 5.91 Å². The molecule has 1 aromatic rings. The number of nitrogens with zero attached hydrogens (tertiary/aromatic N) is 1. The summed E-state index contributed by atoms with van der Waals surface area (Å²) in [7, 11) is 1.84. The average Bonchev–Trinajstić information content (AvgIpc) is 2.58. The van der Waals surface area contributed by atoms with E-state index in [0.717, 1.165) is 37.1 Å². The minimum absolute atomic E-state index is 0.102. The van der Waals surface area contributed by atoms with Gasteiger partial charge in [-0.2, -0.15) is 0 Å². The Morgan fingerprint density at radius 2 is 2.04 bits per heavy atom. The Hall–Kier alpha value is -2.30. The first-order valence-electron chi connectivity index (χ1n) is 8.18. The lowest BCUT2D eigenvalue weighted by Gasteiger charge is -2.46. The number of amides is 3. The third kappa shape index (κ3) is 3.23. The van der Waals surface area contributed by atoms with Crippen LogP contribution in [0.5, 0.6) is 0 Å². The van der Waals surface area contributed by atoms with E-state index in [9.17, 15) is 9.59 Å². The van der Waals surface area contributed by atoms with Gasteiger partial charge in [-0.05, 0) is 37.8 Å². The van der Waals surface area contributed by atoms with Crippen molar-refractivity contribution in [2.24, 2.45) is 5.41 Å². The standard InChI is InChI=1S/C18H23N3O2/c1-21-15-9-5-6-11-18(15,12-10-16(21)22)13-19-17(23)20-14-7-3-2-4-8-14/h2-4,7-9H,5-6,10-13H2,1H3,(H2,19,20,23). The number of anilines is 1. The van der Waals surface area contributed by atoms with E-state index in [4.69, 9.17) is 0 Å². The number of fused-ring (bicyclic) bond motifs is 1. The lowest BCUT2D eigenvalue weighted by Crippen LogP contribution is -2.49. The molecule has 1 fully saturated rings. The number of para-hydroxylation sites is 1. The number of allylic oxidation sites excluding steroid dienone is 1. The molecule has 0 radical (unpaired) electrons. The smallest absolute Gasteiger partial charge is 0.319 e. The van der Waals surface area contributed by atoms with Gasteiger partial charge in [-0.15, -0.1) is 0 Å². The second kappa shape index (κ2) is 6.44. The van der Waals surface area contributed by atoms with Crippen LogP contribution in [0.1, 0.15) is 32.1 Å². The fourth-order valence-corrected chi connectivity index (χ4v) is 3.63. The normalized spacial score (nSPS) is 23.8. The first-order chi connectivity index (χ1) is 11.1. The van der Waals surface area contributed by atoms with Crippen molar-refractivity contribution in [3.05, 3.63) is 42.1 Å². The van der Waals surface area contributed by atoms with Crippen LogP contribution < -0.4 is 10.6 Å². The third-order valence-corrected chi connectivity index (χ3v) is 4.91. The van der Waals surface area contributed by atoms with Gasteiger partial charge in [0, 0.05) is 36.8 Å². The molecule has 3 amide bonds. The molecule has 0 bridgehead atoms. The molecular weight excluding hydrogens is 290 g/mol. The summed E-state index contributed by atoms with van der Waals surface area (Å²) in [6.07, 6.45) is 6.65. The highest BCUT2D eigenvalue weighted by atomic mass is 16.2. The van der Waals surface area contributed by atoms with Crippen LogP contribution in [0.2, 0.25) is 0 Å². The van der Waals surface area contributed by atoms with Crippen LogP contribution in [-0.2, 0) is 4.79 Å². The summed E-state index contributed by atoms with van der Waals surface area (Å²) in [4.78, 5) is 25.9. The van der Waals surface area contributed by atoms with E-state index in [1.54, 1.807) is 4.90 Å². The van der Waals surface area contributed by atoms with Crippen LogP contribution in [0, 0.1) is 5.41 Å². The minimum atomic E-state index is -0.199. The summed E-state index contributed by atoms with van der Waals surface area (Å²) in [5, 5.41) is 5.84. The molecular formula is C18H23N3O2. The van der Waals surface area contributed by atoms with E-state index in [2.05, 4.69) is 16.7 Å². The average molecular weight is 313 g/mol. The second-order valence-electron chi connectivity index (χ2n) is 6.39. The Labute approximate surface area is 136 Å². The summed E-state index contributed by atoms with van der Waals surface area (Å²) < 4.78 is 0. The van der Waals surface area contributed by atoms with Crippen molar-refractivity contribution < 1.29 is 9.59 Å². The molecule has 1 aliphatic carbocycles. The molecule has 5 heteroatoms. The van der Waals surface area contributed by atoms with Crippen molar-refractivity contribution in [1.82, 2.24) is 10.2 Å². The zero-order chi connectivity index (χ0) is 16.3. The molecule has 0 spiro atoms. The maximum atomic E-state index is 12.1. The number of piperidine rings is 1. The molecule has 1 atom stereocenters. The van der Waals surface area contributed by atoms with Crippen LogP contribution in [0.25, 0.3) is 0 Å². The Balaban J connectivity index is 1.66. The zero-order valence-corrected chi connectivity index (χ0v) is 13.5. The van der Waals surface area contributed by atoms with Crippen LogP contribution >= 0.6 is 0 Å². The second-order valence-corrected chi connectivity index (χ2v) is 6.39. The molecule has 2 aliphatic rings. The van der Waals surface area contributed by atoms with Gasteiger partial charge in [-0.3, -0.25) is 4.79 Å².